The van der Waals surface area contributed by atoms with Crippen molar-refractivity contribution in [2.75, 3.05) is 25.1 Å². The third-order valence-electron chi connectivity index (χ3n) is 6.79. The number of primary amides is 1. The number of hydrogen-bond donors (Lipinski definition) is 2. The first kappa shape index (κ1) is 22.8. The highest BCUT2D eigenvalue weighted by Crippen LogP contribution is 2.34. The topological polar surface area (TPSA) is 102 Å². The van der Waals surface area contributed by atoms with Crippen LogP contribution in [0.25, 0.3) is 21.9 Å². The Balaban J connectivity index is 1.42. The number of nitrogens with one attached hydrogen (secondary N) is 1. The molecule has 1 fully saturated rings. The summed E-state index contributed by atoms with van der Waals surface area (Å²) in [6.07, 6.45) is 1.48. The van der Waals surface area contributed by atoms with Gasteiger partial charge in [-0.2, -0.15) is 0 Å². The van der Waals surface area contributed by atoms with Gasteiger partial charge in [-0.25, -0.2) is 0 Å². The average Bonchev–Trinajstić information content (AvgIpc) is 3.19. The fourth-order valence-electron chi connectivity index (χ4n) is 4.78. The molecule has 0 radical (unpaired) electrons. The summed E-state index contributed by atoms with van der Waals surface area (Å²) in [7, 11) is 0. The van der Waals surface area contributed by atoms with Crippen molar-refractivity contribution < 1.29 is 19.1 Å². The zero-order chi connectivity index (χ0) is 24.5. The van der Waals surface area contributed by atoms with Gasteiger partial charge in [-0.3, -0.25) is 14.4 Å². The van der Waals surface area contributed by atoms with Crippen LogP contribution in [0.2, 0.25) is 0 Å². The molecule has 0 spiro atoms. The Morgan fingerprint density at radius 2 is 1.80 bits per heavy atom. The Morgan fingerprint density at radius 1 is 1.06 bits per heavy atom. The maximum Gasteiger partial charge on any atom is 0.254 e. The van der Waals surface area contributed by atoms with Crippen molar-refractivity contribution in [1.29, 1.82) is 0 Å². The van der Waals surface area contributed by atoms with Gasteiger partial charge >= 0.3 is 0 Å². The molecule has 0 bridgehead atoms. The number of nitrogens with two attached hydrogens (primary N) is 1. The standard InChI is InChI=1S/C28H27N3O4/c1-17(26(29)32)15-31-16-25-23(28(31)34)8-7-18-5-6-21(14-24(18)25)20-3-2-4-22(13-20)30-27(33)19-9-11-35-12-10-19/h2-8,13-14,19H,1,9-12,15-16H2,(H2,29,32)(H,30,33). The van der Waals surface area contributed by atoms with Crippen molar-refractivity contribution in [3.63, 3.8) is 0 Å². The lowest BCUT2D eigenvalue weighted by Crippen LogP contribution is -2.30. The summed E-state index contributed by atoms with van der Waals surface area (Å²) in [5.41, 5.74) is 9.79. The normalized spacial score (nSPS) is 15.8. The number of amides is 3. The van der Waals surface area contributed by atoms with Crippen LogP contribution in [0.1, 0.15) is 28.8 Å². The summed E-state index contributed by atoms with van der Waals surface area (Å²) >= 11 is 0. The maximum atomic E-state index is 12.9. The van der Waals surface area contributed by atoms with Crippen LogP contribution >= 0.6 is 0 Å². The minimum Gasteiger partial charge on any atom is -0.381 e. The SMILES string of the molecule is C=C(CN1Cc2c(ccc3ccc(-c4cccc(NC(=O)C5CCOCC5)c4)cc23)C1=O)C(N)=O. The second-order valence-corrected chi connectivity index (χ2v) is 9.11. The van der Waals surface area contributed by atoms with Crippen molar-refractivity contribution in [1.82, 2.24) is 4.90 Å². The molecule has 2 heterocycles. The fraction of sp³-hybridized carbons (Fsp3) is 0.250. The van der Waals surface area contributed by atoms with Gasteiger partial charge in [0.25, 0.3) is 5.91 Å². The Labute approximate surface area is 203 Å². The number of fused-ring (bicyclic) bond motifs is 3. The predicted octanol–water partition coefficient (Wildman–Crippen LogP) is 3.87. The molecule has 3 aromatic rings. The van der Waals surface area contributed by atoms with Gasteiger partial charge in [0, 0.05) is 42.5 Å². The number of anilines is 1. The molecule has 1 saturated heterocycles. The monoisotopic (exact) mass is 469 g/mol. The van der Waals surface area contributed by atoms with Crippen LogP contribution in [0, 0.1) is 5.92 Å². The number of rotatable bonds is 6. The van der Waals surface area contributed by atoms with Crippen molar-refractivity contribution in [3.05, 3.63) is 77.9 Å². The summed E-state index contributed by atoms with van der Waals surface area (Å²) in [5, 5.41) is 5.06. The summed E-state index contributed by atoms with van der Waals surface area (Å²) < 4.78 is 5.36. The van der Waals surface area contributed by atoms with Gasteiger partial charge < -0.3 is 20.7 Å². The molecule has 0 unspecified atom stereocenters. The molecular weight excluding hydrogens is 442 g/mol. The lowest BCUT2D eigenvalue weighted by molar-refractivity contribution is -0.122. The van der Waals surface area contributed by atoms with Gasteiger partial charge in [-0.05, 0) is 64.6 Å². The molecule has 0 aliphatic carbocycles. The molecule has 3 aromatic carbocycles. The van der Waals surface area contributed by atoms with Crippen molar-refractivity contribution >= 4 is 34.2 Å². The van der Waals surface area contributed by atoms with Crippen LogP contribution < -0.4 is 11.1 Å². The van der Waals surface area contributed by atoms with Gasteiger partial charge in [0.05, 0.1) is 6.54 Å². The average molecular weight is 470 g/mol. The van der Waals surface area contributed by atoms with Gasteiger partial charge in [0.15, 0.2) is 0 Å². The molecule has 0 atom stereocenters. The van der Waals surface area contributed by atoms with Crippen molar-refractivity contribution in [2.24, 2.45) is 11.7 Å². The predicted molar refractivity (Wildman–Crippen MR) is 135 cm³/mol. The Morgan fingerprint density at radius 3 is 2.57 bits per heavy atom. The molecule has 0 saturated carbocycles. The summed E-state index contributed by atoms with van der Waals surface area (Å²) in [5.74, 6) is -0.739. The Hall–Kier alpha value is -3.97. The molecule has 35 heavy (non-hydrogen) atoms. The van der Waals surface area contributed by atoms with Crippen LogP contribution in [0.4, 0.5) is 5.69 Å². The molecule has 5 rings (SSSR count). The zero-order valence-electron chi connectivity index (χ0n) is 19.4. The van der Waals surface area contributed by atoms with Gasteiger partial charge in [0.2, 0.25) is 11.8 Å². The number of carbonyl (C=O) groups excluding carboxylic acids is 3. The smallest absolute Gasteiger partial charge is 0.254 e. The number of benzene rings is 3. The van der Waals surface area contributed by atoms with E-state index in [0.29, 0.717) is 25.3 Å². The number of carbonyl (C=O) groups is 3. The zero-order valence-corrected chi connectivity index (χ0v) is 19.4. The molecule has 0 aromatic heterocycles. The van der Waals surface area contributed by atoms with E-state index >= 15 is 0 Å². The Kier molecular flexibility index (Phi) is 6.09. The van der Waals surface area contributed by atoms with E-state index < -0.39 is 5.91 Å². The first-order valence-electron chi connectivity index (χ1n) is 11.7. The fourth-order valence-corrected chi connectivity index (χ4v) is 4.78. The first-order valence-corrected chi connectivity index (χ1v) is 11.7. The molecule has 7 nitrogen and oxygen atoms in total. The molecule has 2 aliphatic heterocycles. The van der Waals surface area contributed by atoms with Gasteiger partial charge in [-0.15, -0.1) is 0 Å². The highest BCUT2D eigenvalue weighted by Gasteiger charge is 2.29. The van der Waals surface area contributed by atoms with Crippen LogP contribution in [-0.4, -0.2) is 42.4 Å². The van der Waals surface area contributed by atoms with E-state index in [1.54, 1.807) is 4.90 Å². The van der Waals surface area contributed by atoms with E-state index in [9.17, 15) is 14.4 Å². The van der Waals surface area contributed by atoms with Gasteiger partial charge in [0.1, 0.15) is 0 Å². The third-order valence-corrected chi connectivity index (χ3v) is 6.79. The molecule has 2 aliphatic rings. The first-order chi connectivity index (χ1) is 16.9. The molecule has 3 amide bonds. The van der Waals surface area contributed by atoms with E-state index in [0.717, 1.165) is 46.0 Å². The lowest BCUT2D eigenvalue weighted by atomic mass is 9.96. The van der Waals surface area contributed by atoms with Crippen molar-refractivity contribution in [2.45, 2.75) is 19.4 Å². The third kappa shape index (κ3) is 4.55. The lowest BCUT2D eigenvalue weighted by Gasteiger charge is -2.21. The van der Waals surface area contributed by atoms with E-state index in [-0.39, 0.29) is 29.9 Å². The van der Waals surface area contributed by atoms with Crippen LogP contribution in [0.5, 0.6) is 0 Å². The molecular formula is C28H27N3O4. The highest BCUT2D eigenvalue weighted by molar-refractivity contribution is 6.06. The largest absolute Gasteiger partial charge is 0.381 e. The van der Waals surface area contributed by atoms with Crippen LogP contribution in [-0.2, 0) is 20.9 Å². The Bertz CT molecular complexity index is 1360. The van der Waals surface area contributed by atoms with Crippen molar-refractivity contribution in [3.8, 4) is 11.1 Å². The number of hydrogen-bond acceptors (Lipinski definition) is 4. The maximum absolute atomic E-state index is 12.9. The quantitative estimate of drug-likeness (QED) is 0.535. The van der Waals surface area contributed by atoms with Crippen LogP contribution in [0.3, 0.4) is 0 Å². The minimum absolute atomic E-state index is 0.0259. The van der Waals surface area contributed by atoms with E-state index in [1.165, 1.54) is 0 Å². The van der Waals surface area contributed by atoms with Gasteiger partial charge in [-0.1, -0.05) is 36.9 Å². The van der Waals surface area contributed by atoms with Crippen LogP contribution in [0.15, 0.2) is 66.7 Å². The number of ether oxygens (including phenoxy) is 1. The minimum atomic E-state index is -0.607. The summed E-state index contributed by atoms with van der Waals surface area (Å²) in [4.78, 5) is 38.6. The summed E-state index contributed by atoms with van der Waals surface area (Å²) in [6.45, 7) is 5.43. The summed E-state index contributed by atoms with van der Waals surface area (Å²) in [6, 6.07) is 17.7. The second-order valence-electron chi connectivity index (χ2n) is 9.11. The van der Waals surface area contributed by atoms with E-state index in [1.807, 2.05) is 48.5 Å². The highest BCUT2D eigenvalue weighted by atomic mass is 16.5. The number of nitrogens with zero attached hydrogens (tertiary/aromatic N) is 1. The molecule has 178 valence electrons. The molecule has 7 heteroatoms. The second kappa shape index (κ2) is 9.35. The van der Waals surface area contributed by atoms with E-state index in [4.69, 9.17) is 10.5 Å². The molecule has 3 N–H and O–H groups in total. The van der Waals surface area contributed by atoms with E-state index in [2.05, 4.69) is 18.0 Å².